The predicted octanol–water partition coefficient (Wildman–Crippen LogP) is 1.37. The van der Waals surface area contributed by atoms with Crippen molar-refractivity contribution in [3.8, 4) is 11.5 Å². The SMILES string of the molecule is C[C@H](CC(=O)[C@H](C)NC(=O)CCC(=O)[C@@H]1Cc2ccc(O)c(c2)Cc2cnc(s2)CCC(=O)N[C@@H](C)C(=O)N[C@@H](C)C(=O)N[C@@H](C)C(=O)N1)C(N)=O.C[C@H](CC(=O)[C@H](C)NC(=O)CCC(=O)[C@H](Cc1ccc(O)cc1)NC(=O)[C@H](C)CC(=O)[C@H](C)NC(=O)[C@H](C)CC(=O)CNc1ncc(CO)s1)C(N)=O.O=S(=O)(O)C(F)(F)F. The van der Waals surface area contributed by atoms with Crippen LogP contribution in [0.3, 0.4) is 0 Å². The third-order valence-electron chi connectivity index (χ3n) is 17.3. The van der Waals surface area contributed by atoms with Gasteiger partial charge in [0, 0.05) is 112 Å². The van der Waals surface area contributed by atoms with Crippen LogP contribution in [-0.2, 0) is 119 Å². The third-order valence-corrected chi connectivity index (χ3v) is 19.9. The summed E-state index contributed by atoms with van der Waals surface area (Å²) in [6, 6.07) is 2.54. The number of aryl methyl sites for hydroxylation is 1. The lowest BCUT2D eigenvalue weighted by molar-refractivity contribution is -0.134. The number of nitrogens with zero attached hydrogens (tertiary/aromatic N) is 2. The number of halogens is 3. The van der Waals surface area contributed by atoms with Gasteiger partial charge in [0.2, 0.25) is 59.1 Å². The van der Waals surface area contributed by atoms with Gasteiger partial charge in [-0.05, 0) is 89.3 Å². The number of alkyl halides is 3. The minimum atomic E-state index is -5.84. The van der Waals surface area contributed by atoms with E-state index in [4.69, 9.17) is 29.5 Å². The van der Waals surface area contributed by atoms with Crippen LogP contribution in [-0.4, -0.2) is 192 Å². The van der Waals surface area contributed by atoms with Gasteiger partial charge in [-0.15, -0.1) is 11.3 Å². The number of fused-ring (bicyclic) bond motifs is 4. The van der Waals surface area contributed by atoms with Crippen molar-refractivity contribution in [1.29, 1.82) is 0 Å². The molecule has 0 saturated carbocycles. The number of hydrogen-bond donors (Lipinski definition) is 15. The van der Waals surface area contributed by atoms with Gasteiger partial charge in [0.1, 0.15) is 29.6 Å². The topological polar surface area (TPSA) is 574 Å². The predicted molar refractivity (Wildman–Crippen MR) is 403 cm³/mol. The summed E-state index contributed by atoms with van der Waals surface area (Å²) >= 11 is 2.56. The maximum Gasteiger partial charge on any atom is 0.522 e. The molecule has 4 aromatic rings. The summed E-state index contributed by atoms with van der Waals surface area (Å²) in [5, 5.41) is 54.0. The number of rotatable bonds is 33. The van der Waals surface area contributed by atoms with E-state index >= 15 is 0 Å². The molecular formula is C72H98F3N13O22S3. The highest BCUT2D eigenvalue weighted by molar-refractivity contribution is 7.86. The second kappa shape index (κ2) is 45.9. The molecular weight excluding hydrogens is 1550 g/mol. The van der Waals surface area contributed by atoms with Crippen LogP contribution < -0.4 is 59.3 Å². The Balaban J connectivity index is 0.000000532. The largest absolute Gasteiger partial charge is 0.522 e. The summed E-state index contributed by atoms with van der Waals surface area (Å²) in [6.45, 7) is 14.5. The number of ketones is 6. The van der Waals surface area contributed by atoms with Gasteiger partial charge in [-0.1, -0.05) is 63.3 Å². The Kier molecular flexibility index (Phi) is 39.2. The highest BCUT2D eigenvalue weighted by atomic mass is 32.2. The summed E-state index contributed by atoms with van der Waals surface area (Å²) < 4.78 is 57.5. The molecule has 0 spiro atoms. The maximum absolute atomic E-state index is 13.6. The van der Waals surface area contributed by atoms with Crippen LogP contribution in [0.1, 0.15) is 158 Å². The van der Waals surface area contributed by atoms with Gasteiger partial charge in [-0.3, -0.25) is 81.3 Å². The minimum Gasteiger partial charge on any atom is -0.508 e. The van der Waals surface area contributed by atoms with E-state index in [1.165, 1.54) is 109 Å². The molecule has 0 radical (unpaired) electrons. The van der Waals surface area contributed by atoms with Crippen LogP contribution >= 0.6 is 22.7 Å². The number of Topliss-reactive ketones (excluding diaryl/α,β-unsaturated/α-hetero) is 6. The number of nitrogens with one attached hydrogen (secondary N) is 9. The molecule has 622 valence electrons. The van der Waals surface area contributed by atoms with Gasteiger partial charge in [-0.2, -0.15) is 21.6 Å². The van der Waals surface area contributed by atoms with Crippen molar-refractivity contribution in [2.75, 3.05) is 11.9 Å². The molecule has 12 atom stereocenters. The van der Waals surface area contributed by atoms with Crippen molar-refractivity contribution in [3.05, 3.63) is 86.3 Å². The van der Waals surface area contributed by atoms with Crippen molar-refractivity contribution in [1.82, 2.24) is 52.5 Å². The molecule has 2 aromatic carbocycles. The van der Waals surface area contributed by atoms with Crippen LogP contribution in [0.4, 0.5) is 18.3 Å². The van der Waals surface area contributed by atoms with E-state index in [0.29, 0.717) is 44.5 Å². The van der Waals surface area contributed by atoms with Crippen LogP contribution in [0, 0.1) is 23.7 Å². The van der Waals surface area contributed by atoms with Crippen LogP contribution in [0.15, 0.2) is 54.9 Å². The molecule has 5 rings (SSSR count). The van der Waals surface area contributed by atoms with E-state index < -0.39 is 170 Å². The molecule has 4 bridgehead atoms. The average molecular weight is 1650 g/mol. The Hall–Kier alpha value is -10.5. The number of aromatic nitrogens is 2. The van der Waals surface area contributed by atoms with Crippen LogP contribution in [0.5, 0.6) is 11.5 Å². The summed E-state index contributed by atoms with van der Waals surface area (Å²) in [5.41, 5.74) is 6.62. The quantitative estimate of drug-likeness (QED) is 0.0236. The smallest absolute Gasteiger partial charge is 0.508 e. The first-order valence-corrected chi connectivity index (χ1v) is 38.6. The molecule has 1 aliphatic heterocycles. The van der Waals surface area contributed by atoms with Crippen molar-refractivity contribution in [2.45, 2.75) is 213 Å². The normalized spacial score (nSPS) is 17.8. The van der Waals surface area contributed by atoms with Gasteiger partial charge in [0.25, 0.3) is 0 Å². The Morgan fingerprint density at radius 1 is 0.602 bits per heavy atom. The highest BCUT2D eigenvalue weighted by Crippen LogP contribution is 2.27. The first kappa shape index (κ1) is 96.7. The van der Waals surface area contributed by atoms with Crippen LogP contribution in [0.2, 0.25) is 0 Å². The number of carbonyl (C=O) groups excluding carboxylic acids is 16. The van der Waals surface area contributed by atoms with Gasteiger partial charge in [-0.25, -0.2) is 9.97 Å². The van der Waals surface area contributed by atoms with Crippen molar-refractivity contribution in [3.63, 3.8) is 0 Å². The molecule has 2 aromatic heterocycles. The number of carbonyl (C=O) groups is 16. The Labute approximate surface area is 657 Å². The molecule has 0 aliphatic carbocycles. The number of phenols is 2. The second-order valence-corrected chi connectivity index (χ2v) is 31.0. The van der Waals surface area contributed by atoms with E-state index in [0.717, 1.165) is 4.88 Å². The van der Waals surface area contributed by atoms with E-state index in [2.05, 4.69) is 57.8 Å². The second-order valence-electron chi connectivity index (χ2n) is 27.3. The average Bonchev–Trinajstić information content (AvgIpc) is 1.82. The zero-order valence-electron chi connectivity index (χ0n) is 63.8. The van der Waals surface area contributed by atoms with Crippen LogP contribution in [0.25, 0.3) is 0 Å². The first-order valence-electron chi connectivity index (χ1n) is 35.6. The van der Waals surface area contributed by atoms with E-state index in [1.54, 1.807) is 37.4 Å². The number of phenolic OH excluding ortho intramolecular Hbond substituents is 2. The standard InChI is InChI=1S/C36H50N6O10S.C35H47N7O9S.CHF3O3S/c1-19(33(37)50)13-30(47)22(4)40-32(49)11-10-29(46)28(15-24-6-8-25(44)9-7-24)42-35(52)21(3)14-31(48)23(5)41-34(51)20(2)12-26(45)16-38-36-39-17-27(18-43)53-36;1-17(32(36)48)12-28(45)18(2)38-29(46)9-8-27(44)25-14-22-6-7-26(43)23(13-22)15-24-16-37-31(52-24)11-10-30(47)39-19(3)33(49)40-20(4)34(50)41-21(5)35(51)42-25;2-1(3,4)8(5,6)7/h6-9,17,19-23,28,43-44H,10-16,18H2,1-5H3,(H2,37,50)(H,38,39)(H,40,49)(H,41,51)(H,42,52);6-7,13,16-21,25,43H,8-12,14-15H2,1-5H3,(H2,36,48)(H,38,46)(H,39,47)(H,40,49)(H,41,50)(H,42,51);(H,5,6,7)/t19-,20-,21-,22+,23+,28+;17-,18+,19+,20+,21+,25+;/m11./s1. The highest BCUT2D eigenvalue weighted by Gasteiger charge is 2.44. The number of nitrogens with two attached hydrogens (primary N) is 2. The monoisotopic (exact) mass is 1650 g/mol. The molecule has 35 nitrogen and oxygen atoms in total. The molecule has 17 N–H and O–H groups in total. The van der Waals surface area contributed by atoms with E-state index in [9.17, 15) is 100 Å². The van der Waals surface area contributed by atoms with Crippen molar-refractivity contribution >= 4 is 132 Å². The van der Waals surface area contributed by atoms with Gasteiger partial charge < -0.3 is 74.6 Å². The molecule has 1 aliphatic rings. The fourth-order valence-electron chi connectivity index (χ4n) is 10.2. The number of hydrogen-bond acceptors (Lipinski definition) is 26. The molecule has 0 saturated heterocycles. The van der Waals surface area contributed by atoms with Crippen molar-refractivity contribution in [2.24, 2.45) is 35.1 Å². The number of aliphatic hydroxyl groups excluding tert-OH is 1. The molecule has 0 unspecified atom stereocenters. The zero-order chi connectivity index (χ0) is 85.5. The number of aromatic hydroxyl groups is 2. The Morgan fingerprint density at radius 3 is 1.60 bits per heavy atom. The molecule has 113 heavy (non-hydrogen) atoms. The lowest BCUT2D eigenvalue weighted by atomic mass is 9.96. The Morgan fingerprint density at radius 2 is 1.09 bits per heavy atom. The zero-order valence-corrected chi connectivity index (χ0v) is 66.2. The lowest BCUT2D eigenvalue weighted by Crippen LogP contribution is -2.56. The van der Waals surface area contributed by atoms with E-state index in [-0.39, 0.29) is 107 Å². The summed E-state index contributed by atoms with van der Waals surface area (Å²) in [5.74, 6) is -11.5. The van der Waals surface area contributed by atoms with Gasteiger partial charge in [0.05, 0.1) is 53.2 Å². The number of benzene rings is 2. The molecule has 41 heteroatoms. The molecule has 0 fully saturated rings. The molecule has 3 heterocycles. The summed E-state index contributed by atoms with van der Waals surface area (Å²) in [4.78, 5) is 212. The lowest BCUT2D eigenvalue weighted by Gasteiger charge is -2.23. The van der Waals surface area contributed by atoms with Gasteiger partial charge in [0.15, 0.2) is 39.8 Å². The van der Waals surface area contributed by atoms with E-state index in [1.807, 2.05) is 0 Å². The fraction of sp³-hybridized carbons (Fsp3) is 0.528. The molecule has 10 amide bonds. The number of anilines is 1. The third kappa shape index (κ3) is 35.0. The summed E-state index contributed by atoms with van der Waals surface area (Å²) in [6.07, 6.45) is 1.99. The number of thiazole rings is 2. The van der Waals surface area contributed by atoms with Gasteiger partial charge >= 0.3 is 15.6 Å². The number of aliphatic hydroxyl groups is 1. The summed E-state index contributed by atoms with van der Waals surface area (Å²) in [7, 11) is -5.84. The van der Waals surface area contributed by atoms with Crippen molar-refractivity contribution < 1.29 is 118 Å². The fourth-order valence-corrected chi connectivity index (χ4v) is 11.8. The first-order chi connectivity index (χ1) is 52.6. The Bertz CT molecular complexity index is 4200. The maximum atomic E-state index is 13.6. The minimum absolute atomic E-state index is 0.00206. The number of amides is 10. The number of primary amides is 2.